The van der Waals surface area contributed by atoms with E-state index in [1.807, 2.05) is 19.0 Å². The van der Waals surface area contributed by atoms with Crippen LogP contribution in [-0.2, 0) is 0 Å². The highest BCUT2D eigenvalue weighted by molar-refractivity contribution is 5.55. The molecular weight excluding hydrogens is 181 g/mol. The molecule has 0 unspecified atom stereocenters. The van der Waals surface area contributed by atoms with E-state index >= 15 is 0 Å². The van der Waals surface area contributed by atoms with Crippen LogP contribution in [0.15, 0.2) is 12.1 Å². The number of halogens is 1. The van der Waals surface area contributed by atoms with Gasteiger partial charge in [-0.2, -0.15) is 0 Å². The van der Waals surface area contributed by atoms with E-state index in [0.29, 0.717) is 11.1 Å². The van der Waals surface area contributed by atoms with Crippen LogP contribution in [0, 0.1) is 12.7 Å². The molecule has 2 nitrogen and oxygen atoms in total. The molecule has 0 fully saturated rings. The Balaban J connectivity index is 3.31. The van der Waals surface area contributed by atoms with Crippen LogP contribution in [-0.4, -0.2) is 19.2 Å². The summed E-state index contributed by atoms with van der Waals surface area (Å²) in [5.74, 6) is -0.272. The first-order valence-corrected chi connectivity index (χ1v) is 4.59. The summed E-state index contributed by atoms with van der Waals surface area (Å²) in [6.45, 7) is 3.35. The zero-order valence-electron chi connectivity index (χ0n) is 9.00. The normalized spacial score (nSPS) is 12.7. The minimum atomic E-state index is -0.650. The zero-order chi connectivity index (χ0) is 10.9. The van der Waals surface area contributed by atoms with Gasteiger partial charge in [-0.05, 0) is 31.5 Å². The SMILES string of the molecule is Cc1cc(N(C)C)c([C@H](C)O)cc1F. The average Bonchev–Trinajstić information content (AvgIpc) is 2.08. The van der Waals surface area contributed by atoms with Crippen molar-refractivity contribution < 1.29 is 9.50 Å². The number of benzene rings is 1. The number of aliphatic hydroxyl groups is 1. The minimum Gasteiger partial charge on any atom is -0.389 e. The van der Waals surface area contributed by atoms with Crippen LogP contribution in [0.4, 0.5) is 10.1 Å². The van der Waals surface area contributed by atoms with Crippen molar-refractivity contribution in [1.82, 2.24) is 0 Å². The second kappa shape index (κ2) is 3.96. The molecule has 0 aliphatic heterocycles. The van der Waals surface area contributed by atoms with Crippen LogP contribution in [0.1, 0.15) is 24.2 Å². The fourth-order valence-corrected chi connectivity index (χ4v) is 1.40. The molecule has 0 aliphatic carbocycles. The number of rotatable bonds is 2. The quantitative estimate of drug-likeness (QED) is 0.786. The van der Waals surface area contributed by atoms with Crippen molar-refractivity contribution in [3.05, 3.63) is 29.1 Å². The molecule has 0 saturated carbocycles. The van der Waals surface area contributed by atoms with E-state index in [2.05, 4.69) is 0 Å². The summed E-state index contributed by atoms with van der Waals surface area (Å²) in [5, 5.41) is 9.48. The van der Waals surface area contributed by atoms with Crippen LogP contribution >= 0.6 is 0 Å². The van der Waals surface area contributed by atoms with Crippen LogP contribution in [0.25, 0.3) is 0 Å². The van der Waals surface area contributed by atoms with E-state index in [4.69, 9.17) is 0 Å². The number of aliphatic hydroxyl groups excluding tert-OH is 1. The fraction of sp³-hybridized carbons (Fsp3) is 0.455. The van der Waals surface area contributed by atoms with Crippen molar-refractivity contribution in [2.45, 2.75) is 20.0 Å². The Morgan fingerprint density at radius 1 is 1.36 bits per heavy atom. The zero-order valence-corrected chi connectivity index (χ0v) is 9.00. The third kappa shape index (κ3) is 2.04. The first kappa shape index (κ1) is 11.0. The van der Waals surface area contributed by atoms with Crippen LogP contribution in [0.5, 0.6) is 0 Å². The van der Waals surface area contributed by atoms with Crippen molar-refractivity contribution in [1.29, 1.82) is 0 Å². The first-order valence-electron chi connectivity index (χ1n) is 4.59. The summed E-state index contributed by atoms with van der Waals surface area (Å²) < 4.78 is 13.3. The lowest BCUT2D eigenvalue weighted by Crippen LogP contribution is -2.13. The maximum absolute atomic E-state index is 13.3. The highest BCUT2D eigenvalue weighted by Crippen LogP contribution is 2.27. The van der Waals surface area contributed by atoms with E-state index in [1.165, 1.54) is 6.07 Å². The fourth-order valence-electron chi connectivity index (χ4n) is 1.40. The van der Waals surface area contributed by atoms with Crippen molar-refractivity contribution in [2.75, 3.05) is 19.0 Å². The highest BCUT2D eigenvalue weighted by atomic mass is 19.1. The molecule has 0 bridgehead atoms. The Hall–Kier alpha value is -1.09. The van der Waals surface area contributed by atoms with Crippen molar-refractivity contribution in [2.24, 2.45) is 0 Å². The number of nitrogens with zero attached hydrogens (tertiary/aromatic N) is 1. The predicted molar refractivity (Wildman–Crippen MR) is 56.1 cm³/mol. The van der Waals surface area contributed by atoms with Gasteiger partial charge in [0.25, 0.3) is 0 Å². The van der Waals surface area contributed by atoms with Crippen LogP contribution in [0.2, 0.25) is 0 Å². The topological polar surface area (TPSA) is 23.5 Å². The molecule has 0 aliphatic rings. The second-order valence-corrected chi connectivity index (χ2v) is 3.73. The molecule has 0 heterocycles. The maximum atomic E-state index is 13.3. The Bertz CT molecular complexity index is 301. The molecule has 1 aromatic rings. The molecule has 0 radical (unpaired) electrons. The summed E-state index contributed by atoms with van der Waals surface area (Å²) in [6.07, 6.45) is -0.650. The van der Waals surface area contributed by atoms with Crippen molar-refractivity contribution in [3.8, 4) is 0 Å². The van der Waals surface area contributed by atoms with E-state index in [9.17, 15) is 9.50 Å². The maximum Gasteiger partial charge on any atom is 0.126 e. The summed E-state index contributed by atoms with van der Waals surface area (Å²) >= 11 is 0. The highest BCUT2D eigenvalue weighted by Gasteiger charge is 2.12. The van der Waals surface area contributed by atoms with Gasteiger partial charge in [-0.3, -0.25) is 0 Å². The summed E-state index contributed by atoms with van der Waals surface area (Å²) in [6, 6.07) is 3.15. The monoisotopic (exact) mass is 197 g/mol. The smallest absolute Gasteiger partial charge is 0.126 e. The van der Waals surface area contributed by atoms with Gasteiger partial charge in [0.15, 0.2) is 0 Å². The molecule has 1 rings (SSSR count). The van der Waals surface area contributed by atoms with Gasteiger partial charge < -0.3 is 10.0 Å². The van der Waals surface area contributed by atoms with Crippen molar-refractivity contribution in [3.63, 3.8) is 0 Å². The number of hydrogen-bond donors (Lipinski definition) is 1. The lowest BCUT2D eigenvalue weighted by atomic mass is 10.0. The molecule has 3 heteroatoms. The molecule has 1 atom stereocenters. The molecule has 0 spiro atoms. The third-order valence-electron chi connectivity index (χ3n) is 2.24. The summed E-state index contributed by atoms with van der Waals surface area (Å²) in [4.78, 5) is 1.87. The van der Waals surface area contributed by atoms with E-state index < -0.39 is 6.10 Å². The number of anilines is 1. The second-order valence-electron chi connectivity index (χ2n) is 3.73. The number of hydrogen-bond acceptors (Lipinski definition) is 2. The Morgan fingerprint density at radius 2 is 1.93 bits per heavy atom. The van der Waals surface area contributed by atoms with Gasteiger partial charge in [-0.25, -0.2) is 4.39 Å². The van der Waals surface area contributed by atoms with Crippen LogP contribution < -0.4 is 4.90 Å². The van der Waals surface area contributed by atoms with Gasteiger partial charge in [0.1, 0.15) is 5.82 Å². The molecule has 1 aromatic carbocycles. The van der Waals surface area contributed by atoms with Gasteiger partial charge in [0.05, 0.1) is 6.10 Å². The molecule has 0 saturated heterocycles. The van der Waals surface area contributed by atoms with Gasteiger partial charge in [0.2, 0.25) is 0 Å². The van der Waals surface area contributed by atoms with E-state index in [1.54, 1.807) is 19.9 Å². The predicted octanol–water partition coefficient (Wildman–Crippen LogP) is 2.25. The average molecular weight is 197 g/mol. The van der Waals surface area contributed by atoms with Gasteiger partial charge >= 0.3 is 0 Å². The first-order chi connectivity index (χ1) is 6.43. The Morgan fingerprint density at radius 3 is 2.36 bits per heavy atom. The van der Waals surface area contributed by atoms with Crippen molar-refractivity contribution >= 4 is 5.69 Å². The largest absolute Gasteiger partial charge is 0.389 e. The van der Waals surface area contributed by atoms with Gasteiger partial charge in [0, 0.05) is 25.3 Å². The van der Waals surface area contributed by atoms with E-state index in [-0.39, 0.29) is 5.82 Å². The molecular formula is C11H16FNO. The van der Waals surface area contributed by atoms with E-state index in [0.717, 1.165) is 5.69 Å². The standard InChI is InChI=1S/C11H16FNO/c1-7-5-11(13(3)4)9(8(2)14)6-10(7)12/h5-6,8,14H,1-4H3/t8-/m0/s1. The lowest BCUT2D eigenvalue weighted by molar-refractivity contribution is 0.199. The summed E-state index contributed by atoms with van der Waals surface area (Å²) in [5.41, 5.74) is 2.08. The molecule has 1 N–H and O–H groups in total. The third-order valence-corrected chi connectivity index (χ3v) is 2.24. The van der Waals surface area contributed by atoms with Crippen LogP contribution in [0.3, 0.4) is 0 Å². The number of aryl methyl sites for hydroxylation is 1. The van der Waals surface area contributed by atoms with Gasteiger partial charge in [-0.1, -0.05) is 0 Å². The summed E-state index contributed by atoms with van der Waals surface area (Å²) in [7, 11) is 3.75. The Kier molecular flexibility index (Phi) is 3.11. The van der Waals surface area contributed by atoms with Gasteiger partial charge in [-0.15, -0.1) is 0 Å². The molecule has 0 aromatic heterocycles. The Labute approximate surface area is 84.0 Å². The molecule has 78 valence electrons. The minimum absolute atomic E-state index is 0.272. The lowest BCUT2D eigenvalue weighted by Gasteiger charge is -2.20. The molecule has 0 amide bonds. The molecule has 14 heavy (non-hydrogen) atoms.